The number of rotatable bonds is 4. The van der Waals surface area contributed by atoms with Gasteiger partial charge in [-0.05, 0) is 48.4 Å². The minimum Gasteiger partial charge on any atom is -0.392 e. The van der Waals surface area contributed by atoms with E-state index in [4.69, 9.17) is 5.73 Å². The van der Waals surface area contributed by atoms with E-state index in [2.05, 4.69) is 11.0 Å². The van der Waals surface area contributed by atoms with Gasteiger partial charge in [0.15, 0.2) is 0 Å². The lowest BCUT2D eigenvalue weighted by molar-refractivity contribution is -0.0926. The van der Waals surface area contributed by atoms with Crippen molar-refractivity contribution >= 4 is 0 Å². The maximum Gasteiger partial charge on any atom is 0.0780 e. The second-order valence-electron chi connectivity index (χ2n) is 6.41. The topological polar surface area (TPSA) is 69.7 Å². The lowest BCUT2D eigenvalue weighted by Crippen LogP contribution is -2.54. The Morgan fingerprint density at radius 3 is 2.85 bits per heavy atom. The third-order valence-electron chi connectivity index (χ3n) is 4.81. The van der Waals surface area contributed by atoms with Crippen LogP contribution in [0.4, 0.5) is 0 Å². The van der Waals surface area contributed by atoms with Crippen molar-refractivity contribution in [2.45, 2.75) is 38.0 Å². The van der Waals surface area contributed by atoms with E-state index >= 15 is 0 Å². The first-order valence-electron chi connectivity index (χ1n) is 7.49. The Labute approximate surface area is 120 Å². The van der Waals surface area contributed by atoms with Gasteiger partial charge in [-0.3, -0.25) is 4.90 Å². The number of β-amino-alcohol motifs (C(OH)–C–C–N with tert-alkyl or cyclic N) is 1. The van der Waals surface area contributed by atoms with Crippen LogP contribution in [0.2, 0.25) is 0 Å². The van der Waals surface area contributed by atoms with Crippen LogP contribution in [-0.2, 0) is 19.6 Å². The Hall–Kier alpha value is -0.940. The molecule has 1 fully saturated rings. The summed E-state index contributed by atoms with van der Waals surface area (Å²) in [6, 6.07) is 6.16. The fraction of sp³-hybridized carbons (Fsp3) is 0.625. The summed E-state index contributed by atoms with van der Waals surface area (Å²) in [5, 5.41) is 19.9. The third-order valence-corrected chi connectivity index (χ3v) is 4.81. The van der Waals surface area contributed by atoms with Gasteiger partial charge >= 0.3 is 0 Å². The van der Waals surface area contributed by atoms with Crippen LogP contribution >= 0.6 is 0 Å². The molecule has 3 rings (SSSR count). The van der Waals surface area contributed by atoms with Gasteiger partial charge in [0.05, 0.1) is 12.2 Å². The average Bonchev–Trinajstić information content (AvgIpc) is 2.43. The molecule has 0 spiro atoms. The summed E-state index contributed by atoms with van der Waals surface area (Å²) in [6.07, 6.45) is 2.66. The van der Waals surface area contributed by atoms with E-state index in [1.54, 1.807) is 0 Å². The molecule has 1 saturated carbocycles. The first kappa shape index (κ1) is 14.0. The molecule has 20 heavy (non-hydrogen) atoms. The van der Waals surface area contributed by atoms with E-state index in [1.807, 2.05) is 12.1 Å². The Morgan fingerprint density at radius 1 is 1.35 bits per heavy atom. The summed E-state index contributed by atoms with van der Waals surface area (Å²) in [5.41, 5.74) is 8.70. The second-order valence-corrected chi connectivity index (χ2v) is 6.41. The molecule has 0 aromatic heterocycles. The van der Waals surface area contributed by atoms with Gasteiger partial charge in [-0.2, -0.15) is 0 Å². The average molecular weight is 276 g/mol. The van der Waals surface area contributed by atoms with Gasteiger partial charge in [-0.25, -0.2) is 0 Å². The van der Waals surface area contributed by atoms with Crippen LogP contribution in [0.1, 0.15) is 29.5 Å². The number of hydrogen-bond acceptors (Lipinski definition) is 4. The lowest BCUT2D eigenvalue weighted by Gasteiger charge is -2.46. The van der Waals surface area contributed by atoms with Crippen LogP contribution in [-0.4, -0.2) is 40.3 Å². The van der Waals surface area contributed by atoms with Crippen molar-refractivity contribution in [2.24, 2.45) is 11.7 Å². The molecule has 1 aromatic rings. The zero-order chi connectivity index (χ0) is 14.2. The van der Waals surface area contributed by atoms with Gasteiger partial charge in [-0.1, -0.05) is 18.2 Å². The normalized spacial score (nSPS) is 29.9. The van der Waals surface area contributed by atoms with Crippen LogP contribution in [0.25, 0.3) is 0 Å². The minimum atomic E-state index is -0.546. The standard InChI is InChI=1S/C16H24N2O2/c17-8-12-6-16(20,7-12)11-18-5-4-13-2-1-3-14(10-19)15(13)9-18/h1-3,12,19-20H,4-11,17H2. The van der Waals surface area contributed by atoms with Crippen LogP contribution in [0.15, 0.2) is 18.2 Å². The zero-order valence-electron chi connectivity index (χ0n) is 11.9. The summed E-state index contributed by atoms with van der Waals surface area (Å²) in [5.74, 6) is 0.491. The van der Waals surface area contributed by atoms with E-state index in [1.165, 1.54) is 11.1 Å². The third kappa shape index (κ3) is 2.61. The first-order valence-corrected chi connectivity index (χ1v) is 7.49. The molecule has 0 saturated heterocycles. The first-order chi connectivity index (χ1) is 9.63. The largest absolute Gasteiger partial charge is 0.392 e. The molecule has 4 heteroatoms. The predicted molar refractivity (Wildman–Crippen MR) is 78.1 cm³/mol. The second kappa shape index (κ2) is 5.45. The maximum atomic E-state index is 10.5. The highest BCUT2D eigenvalue weighted by Crippen LogP contribution is 2.38. The summed E-state index contributed by atoms with van der Waals surface area (Å²) in [7, 11) is 0. The zero-order valence-corrected chi connectivity index (χ0v) is 11.9. The summed E-state index contributed by atoms with van der Waals surface area (Å²) in [6.45, 7) is 3.32. The number of benzene rings is 1. The molecule has 2 aliphatic rings. The Morgan fingerprint density at radius 2 is 2.15 bits per heavy atom. The maximum absolute atomic E-state index is 10.5. The van der Waals surface area contributed by atoms with Gasteiger partial charge in [-0.15, -0.1) is 0 Å². The molecule has 1 aliphatic heterocycles. The predicted octanol–water partition coefficient (Wildman–Crippen LogP) is 0.637. The fourth-order valence-electron chi connectivity index (χ4n) is 3.72. The van der Waals surface area contributed by atoms with Crippen molar-refractivity contribution < 1.29 is 10.2 Å². The van der Waals surface area contributed by atoms with Gasteiger partial charge in [0.2, 0.25) is 0 Å². The molecule has 0 bridgehead atoms. The van der Waals surface area contributed by atoms with Crippen LogP contribution in [0, 0.1) is 5.92 Å². The van der Waals surface area contributed by atoms with Gasteiger partial charge in [0.25, 0.3) is 0 Å². The Bertz CT molecular complexity index is 469. The minimum absolute atomic E-state index is 0.0938. The van der Waals surface area contributed by atoms with E-state index in [9.17, 15) is 10.2 Å². The van der Waals surface area contributed by atoms with E-state index in [0.717, 1.165) is 44.5 Å². The van der Waals surface area contributed by atoms with E-state index in [-0.39, 0.29) is 6.61 Å². The summed E-state index contributed by atoms with van der Waals surface area (Å²) >= 11 is 0. The Balaban J connectivity index is 1.67. The quantitative estimate of drug-likeness (QED) is 0.755. The smallest absolute Gasteiger partial charge is 0.0780 e. The molecule has 1 aliphatic carbocycles. The molecule has 1 aromatic carbocycles. The molecule has 1 heterocycles. The van der Waals surface area contributed by atoms with Crippen LogP contribution < -0.4 is 5.73 Å². The molecular weight excluding hydrogens is 252 g/mol. The molecule has 0 atom stereocenters. The summed E-state index contributed by atoms with van der Waals surface area (Å²) in [4.78, 5) is 2.31. The number of nitrogens with two attached hydrogens (primary N) is 1. The van der Waals surface area contributed by atoms with Crippen molar-refractivity contribution in [3.63, 3.8) is 0 Å². The van der Waals surface area contributed by atoms with Gasteiger partial charge < -0.3 is 15.9 Å². The van der Waals surface area contributed by atoms with Crippen molar-refractivity contribution in [3.05, 3.63) is 34.9 Å². The number of aliphatic hydroxyl groups excluding tert-OH is 1. The highest BCUT2D eigenvalue weighted by Gasteiger charge is 2.43. The Kier molecular flexibility index (Phi) is 3.82. The molecule has 0 radical (unpaired) electrons. The molecule has 4 nitrogen and oxygen atoms in total. The number of aliphatic hydroxyl groups is 2. The highest BCUT2D eigenvalue weighted by atomic mass is 16.3. The van der Waals surface area contributed by atoms with Crippen LogP contribution in [0.5, 0.6) is 0 Å². The monoisotopic (exact) mass is 276 g/mol. The van der Waals surface area contributed by atoms with Crippen molar-refractivity contribution in [1.82, 2.24) is 4.90 Å². The number of fused-ring (bicyclic) bond motifs is 1. The number of nitrogens with zero attached hydrogens (tertiary/aromatic N) is 1. The highest BCUT2D eigenvalue weighted by molar-refractivity contribution is 5.36. The molecule has 4 N–H and O–H groups in total. The van der Waals surface area contributed by atoms with E-state index < -0.39 is 5.60 Å². The van der Waals surface area contributed by atoms with Crippen LogP contribution in [0.3, 0.4) is 0 Å². The van der Waals surface area contributed by atoms with Crippen molar-refractivity contribution in [1.29, 1.82) is 0 Å². The van der Waals surface area contributed by atoms with Gasteiger partial charge in [0.1, 0.15) is 0 Å². The molecule has 0 amide bonds. The fourth-order valence-corrected chi connectivity index (χ4v) is 3.72. The van der Waals surface area contributed by atoms with Gasteiger partial charge in [0, 0.05) is 19.6 Å². The van der Waals surface area contributed by atoms with Crippen molar-refractivity contribution in [3.8, 4) is 0 Å². The summed E-state index contributed by atoms with van der Waals surface area (Å²) < 4.78 is 0. The molecule has 110 valence electrons. The lowest BCUT2D eigenvalue weighted by atomic mass is 9.70. The number of hydrogen-bond donors (Lipinski definition) is 3. The van der Waals surface area contributed by atoms with E-state index in [0.29, 0.717) is 12.5 Å². The SMILES string of the molecule is NCC1CC(O)(CN2CCc3cccc(CO)c3C2)C1. The molecular formula is C16H24N2O2. The van der Waals surface area contributed by atoms with Crippen molar-refractivity contribution in [2.75, 3.05) is 19.6 Å². The molecule has 0 unspecified atom stereocenters.